The third kappa shape index (κ3) is 3.36. The number of hydrogen-bond acceptors (Lipinski definition) is 8. The Morgan fingerprint density at radius 2 is 2.03 bits per heavy atom. The van der Waals surface area contributed by atoms with Crippen molar-refractivity contribution >= 4 is 23.5 Å². The quantitative estimate of drug-likeness (QED) is 0.614. The number of benzene rings is 1. The van der Waals surface area contributed by atoms with Gasteiger partial charge in [-0.2, -0.15) is 0 Å². The molecular weight excluding hydrogens is 386 g/mol. The van der Waals surface area contributed by atoms with Gasteiger partial charge in [-0.15, -0.1) is 14.8 Å². The third-order valence-electron chi connectivity index (χ3n) is 5.06. The lowest BCUT2D eigenvalue weighted by atomic mass is 10.1. The number of methoxy groups -OCH3 is 1. The van der Waals surface area contributed by atoms with E-state index in [1.54, 1.807) is 42.4 Å². The average molecular weight is 405 g/mol. The average Bonchev–Trinajstić information content (AvgIpc) is 3.25. The van der Waals surface area contributed by atoms with Gasteiger partial charge in [0.2, 0.25) is 5.88 Å². The summed E-state index contributed by atoms with van der Waals surface area (Å²) in [6, 6.07) is 8.79. The smallest absolute Gasteiger partial charge is 0.277 e. The fourth-order valence-electron chi connectivity index (χ4n) is 3.56. The molecule has 10 nitrogen and oxygen atoms in total. The number of amides is 1. The molecule has 1 saturated heterocycles. The SMILES string of the molecule is COc1cc(/C=C2\N=C3CCCCCN3C2=O)ccc1Oc1ccc2nnnn2n1. The number of aliphatic imine (C=N–C) groups is 1. The molecule has 0 bridgehead atoms. The lowest BCUT2D eigenvalue weighted by molar-refractivity contribution is -0.122. The molecule has 10 heteroatoms. The van der Waals surface area contributed by atoms with Crippen molar-refractivity contribution in [2.45, 2.75) is 25.7 Å². The number of rotatable bonds is 4. The number of tetrazole rings is 1. The molecule has 0 atom stereocenters. The summed E-state index contributed by atoms with van der Waals surface area (Å²) in [5, 5.41) is 15.3. The molecule has 0 aliphatic carbocycles. The summed E-state index contributed by atoms with van der Waals surface area (Å²) in [6.45, 7) is 0.740. The van der Waals surface area contributed by atoms with Crippen molar-refractivity contribution in [2.75, 3.05) is 13.7 Å². The lowest BCUT2D eigenvalue weighted by Gasteiger charge is -2.14. The maximum absolute atomic E-state index is 12.7. The van der Waals surface area contributed by atoms with Crippen molar-refractivity contribution < 1.29 is 14.3 Å². The Morgan fingerprint density at radius 3 is 2.93 bits per heavy atom. The van der Waals surface area contributed by atoms with Crippen LogP contribution in [0.1, 0.15) is 31.2 Å². The van der Waals surface area contributed by atoms with Crippen LogP contribution in [0.3, 0.4) is 0 Å². The lowest BCUT2D eigenvalue weighted by Crippen LogP contribution is -2.31. The van der Waals surface area contributed by atoms with Gasteiger partial charge in [0.15, 0.2) is 17.1 Å². The molecular formula is C20H19N7O3. The highest BCUT2D eigenvalue weighted by Gasteiger charge is 2.30. The highest BCUT2D eigenvalue weighted by molar-refractivity contribution is 6.14. The number of hydrogen-bond donors (Lipinski definition) is 0. The Kier molecular flexibility index (Phi) is 4.58. The van der Waals surface area contributed by atoms with Gasteiger partial charge in [0, 0.05) is 19.0 Å². The minimum atomic E-state index is -0.0369. The molecule has 0 radical (unpaired) electrons. The van der Waals surface area contributed by atoms with Gasteiger partial charge >= 0.3 is 0 Å². The zero-order valence-corrected chi connectivity index (χ0v) is 16.4. The van der Waals surface area contributed by atoms with Gasteiger partial charge < -0.3 is 9.47 Å². The van der Waals surface area contributed by atoms with Gasteiger partial charge in [0.1, 0.15) is 11.5 Å². The summed E-state index contributed by atoms with van der Waals surface area (Å²) in [5.41, 5.74) is 1.77. The monoisotopic (exact) mass is 405 g/mol. The van der Waals surface area contributed by atoms with Crippen LogP contribution in [0, 0.1) is 0 Å². The van der Waals surface area contributed by atoms with E-state index in [1.165, 1.54) is 4.63 Å². The minimum absolute atomic E-state index is 0.0369. The molecule has 0 N–H and O–H groups in total. The van der Waals surface area contributed by atoms with Crippen LogP contribution >= 0.6 is 0 Å². The van der Waals surface area contributed by atoms with Crippen molar-refractivity contribution in [3.8, 4) is 17.4 Å². The van der Waals surface area contributed by atoms with Crippen molar-refractivity contribution in [3.05, 3.63) is 41.6 Å². The molecule has 2 aromatic heterocycles. The molecule has 0 saturated carbocycles. The van der Waals surface area contributed by atoms with Crippen molar-refractivity contribution in [1.82, 2.24) is 30.2 Å². The second-order valence-corrected chi connectivity index (χ2v) is 7.04. The zero-order chi connectivity index (χ0) is 20.5. The van der Waals surface area contributed by atoms with E-state index in [1.807, 2.05) is 6.07 Å². The van der Waals surface area contributed by atoms with Crippen molar-refractivity contribution in [1.29, 1.82) is 0 Å². The van der Waals surface area contributed by atoms with Gasteiger partial charge in [-0.25, -0.2) is 4.99 Å². The summed E-state index contributed by atoms with van der Waals surface area (Å²) in [4.78, 5) is 19.1. The van der Waals surface area contributed by atoms with Crippen molar-refractivity contribution in [2.24, 2.45) is 4.99 Å². The standard InChI is InChI=1S/C20H19N7O3/c1-29-16-12-13(11-14-20(28)26-10-4-2-3-5-17(26)21-14)6-7-15(16)30-19-9-8-18-22-24-25-27(18)23-19/h6-9,11-12H,2-5,10H2,1H3/b14-11-. The summed E-state index contributed by atoms with van der Waals surface area (Å²) in [6.07, 6.45) is 5.85. The normalized spacial score (nSPS) is 17.8. The van der Waals surface area contributed by atoms with Crippen LogP contribution < -0.4 is 9.47 Å². The number of carbonyl (C=O) groups is 1. The number of fused-ring (bicyclic) bond motifs is 2. The topological polar surface area (TPSA) is 107 Å². The van der Waals surface area contributed by atoms with E-state index in [0.717, 1.165) is 43.6 Å². The van der Waals surface area contributed by atoms with Gasteiger partial charge in [-0.3, -0.25) is 9.69 Å². The van der Waals surface area contributed by atoms with Crippen LogP contribution in [0.4, 0.5) is 0 Å². The predicted octanol–water partition coefficient (Wildman–Crippen LogP) is 2.48. The number of ether oxygens (including phenoxy) is 2. The first-order chi connectivity index (χ1) is 14.7. The van der Waals surface area contributed by atoms with E-state index in [0.29, 0.717) is 28.7 Å². The van der Waals surface area contributed by atoms with Gasteiger partial charge in [0.25, 0.3) is 5.91 Å². The van der Waals surface area contributed by atoms with E-state index in [2.05, 4.69) is 25.6 Å². The molecule has 1 aromatic carbocycles. The fraction of sp³-hybridized carbons (Fsp3) is 0.300. The number of aromatic nitrogens is 5. The van der Waals surface area contributed by atoms with Crippen LogP contribution in [-0.2, 0) is 4.79 Å². The largest absolute Gasteiger partial charge is 0.493 e. The second kappa shape index (κ2) is 7.54. The highest BCUT2D eigenvalue weighted by Crippen LogP contribution is 2.33. The Balaban J connectivity index is 1.41. The maximum Gasteiger partial charge on any atom is 0.277 e. The molecule has 2 aliphatic heterocycles. The first-order valence-electron chi connectivity index (χ1n) is 9.74. The van der Waals surface area contributed by atoms with Crippen LogP contribution in [0.25, 0.3) is 11.7 Å². The molecule has 1 fully saturated rings. The minimum Gasteiger partial charge on any atom is -0.493 e. The summed E-state index contributed by atoms with van der Waals surface area (Å²) < 4.78 is 12.6. The summed E-state index contributed by atoms with van der Waals surface area (Å²) >= 11 is 0. The van der Waals surface area contributed by atoms with Crippen LogP contribution in [0.15, 0.2) is 41.0 Å². The first-order valence-corrected chi connectivity index (χ1v) is 9.74. The zero-order valence-electron chi connectivity index (χ0n) is 16.4. The first kappa shape index (κ1) is 18.2. The van der Waals surface area contributed by atoms with E-state index < -0.39 is 0 Å². The fourth-order valence-corrected chi connectivity index (χ4v) is 3.56. The molecule has 5 rings (SSSR count). The van der Waals surface area contributed by atoms with Crippen LogP contribution in [0.5, 0.6) is 17.4 Å². The van der Waals surface area contributed by atoms with Crippen molar-refractivity contribution in [3.63, 3.8) is 0 Å². The third-order valence-corrected chi connectivity index (χ3v) is 5.06. The Hall–Kier alpha value is -3.82. The van der Waals surface area contributed by atoms with Crippen LogP contribution in [-0.4, -0.2) is 55.6 Å². The summed E-state index contributed by atoms with van der Waals surface area (Å²) in [7, 11) is 1.56. The molecule has 3 aromatic rings. The van der Waals surface area contributed by atoms with E-state index in [9.17, 15) is 4.79 Å². The second-order valence-electron chi connectivity index (χ2n) is 7.04. The Bertz CT molecular complexity index is 1180. The Labute approximate surface area is 171 Å². The molecule has 0 spiro atoms. The van der Waals surface area contributed by atoms with E-state index >= 15 is 0 Å². The molecule has 4 heterocycles. The Morgan fingerprint density at radius 1 is 1.10 bits per heavy atom. The van der Waals surface area contributed by atoms with E-state index in [-0.39, 0.29) is 5.91 Å². The van der Waals surface area contributed by atoms with E-state index in [4.69, 9.17) is 9.47 Å². The number of amidine groups is 1. The van der Waals surface area contributed by atoms with Gasteiger partial charge in [-0.05, 0) is 53.1 Å². The summed E-state index contributed by atoms with van der Waals surface area (Å²) in [5.74, 6) is 2.16. The number of carbonyl (C=O) groups excluding carboxylic acids is 1. The molecule has 152 valence electrons. The maximum atomic E-state index is 12.7. The molecule has 2 aliphatic rings. The molecule has 30 heavy (non-hydrogen) atoms. The molecule has 1 amide bonds. The number of nitrogens with zero attached hydrogens (tertiary/aromatic N) is 7. The highest BCUT2D eigenvalue weighted by atomic mass is 16.5. The molecule has 0 unspecified atom stereocenters. The van der Waals surface area contributed by atoms with Gasteiger partial charge in [-0.1, -0.05) is 12.5 Å². The predicted molar refractivity (Wildman–Crippen MR) is 107 cm³/mol. The van der Waals surface area contributed by atoms with Gasteiger partial charge in [0.05, 0.1) is 7.11 Å². The van der Waals surface area contributed by atoms with Crippen LogP contribution in [0.2, 0.25) is 0 Å².